The molecule has 2 aliphatic rings. The Balaban J connectivity index is 1.67. The van der Waals surface area contributed by atoms with E-state index in [0.717, 1.165) is 13.1 Å². The van der Waals surface area contributed by atoms with Crippen LogP contribution >= 0.6 is 0 Å². The van der Waals surface area contributed by atoms with Crippen LogP contribution in [0.1, 0.15) is 33.1 Å². The number of piperazine rings is 1. The SMILES string of the molecule is CC1CNCC(C)N1CCCN1CCCC1. The maximum atomic E-state index is 3.49. The van der Waals surface area contributed by atoms with Crippen molar-refractivity contribution in [3.8, 4) is 0 Å². The van der Waals surface area contributed by atoms with Gasteiger partial charge in [0.2, 0.25) is 0 Å². The van der Waals surface area contributed by atoms with E-state index in [2.05, 4.69) is 29.0 Å². The van der Waals surface area contributed by atoms with Crippen LogP contribution in [0.2, 0.25) is 0 Å². The van der Waals surface area contributed by atoms with Crippen LogP contribution in [0, 0.1) is 0 Å². The fourth-order valence-corrected chi connectivity index (χ4v) is 3.09. The summed E-state index contributed by atoms with van der Waals surface area (Å²) in [6, 6.07) is 1.42. The Morgan fingerprint density at radius 3 is 2.25 bits per heavy atom. The molecule has 0 aromatic rings. The van der Waals surface area contributed by atoms with Gasteiger partial charge in [0, 0.05) is 31.7 Å². The van der Waals surface area contributed by atoms with Gasteiger partial charge in [0.1, 0.15) is 0 Å². The molecule has 2 unspecified atom stereocenters. The van der Waals surface area contributed by atoms with E-state index < -0.39 is 0 Å². The summed E-state index contributed by atoms with van der Waals surface area (Å²) >= 11 is 0. The van der Waals surface area contributed by atoms with Crippen molar-refractivity contribution in [1.82, 2.24) is 15.1 Å². The van der Waals surface area contributed by atoms with Crippen LogP contribution in [-0.2, 0) is 0 Å². The molecule has 94 valence electrons. The zero-order valence-corrected chi connectivity index (χ0v) is 10.9. The molecule has 3 heteroatoms. The fraction of sp³-hybridized carbons (Fsp3) is 1.00. The quantitative estimate of drug-likeness (QED) is 0.774. The second-order valence-corrected chi connectivity index (χ2v) is 5.50. The summed E-state index contributed by atoms with van der Waals surface area (Å²) in [5.74, 6) is 0. The van der Waals surface area contributed by atoms with Crippen molar-refractivity contribution in [2.45, 2.75) is 45.2 Å². The van der Waals surface area contributed by atoms with Gasteiger partial charge < -0.3 is 10.2 Å². The number of hydrogen-bond acceptors (Lipinski definition) is 3. The van der Waals surface area contributed by atoms with E-state index in [0.29, 0.717) is 12.1 Å². The van der Waals surface area contributed by atoms with Gasteiger partial charge in [-0.1, -0.05) is 0 Å². The third kappa shape index (κ3) is 3.19. The summed E-state index contributed by atoms with van der Waals surface area (Å²) in [7, 11) is 0. The summed E-state index contributed by atoms with van der Waals surface area (Å²) in [5.41, 5.74) is 0. The smallest absolute Gasteiger partial charge is 0.0195 e. The molecule has 2 heterocycles. The lowest BCUT2D eigenvalue weighted by Crippen LogP contribution is -2.55. The predicted molar refractivity (Wildman–Crippen MR) is 68.8 cm³/mol. The first-order valence-electron chi connectivity index (χ1n) is 6.96. The summed E-state index contributed by atoms with van der Waals surface area (Å²) in [5, 5.41) is 3.49. The molecule has 2 rings (SSSR count). The van der Waals surface area contributed by atoms with E-state index in [1.54, 1.807) is 0 Å². The van der Waals surface area contributed by atoms with E-state index in [1.807, 2.05) is 0 Å². The Morgan fingerprint density at radius 2 is 1.62 bits per heavy atom. The Hall–Kier alpha value is -0.120. The molecule has 16 heavy (non-hydrogen) atoms. The zero-order chi connectivity index (χ0) is 11.4. The van der Waals surface area contributed by atoms with Gasteiger partial charge in [-0.05, 0) is 52.7 Å². The molecule has 0 aromatic carbocycles. The van der Waals surface area contributed by atoms with Gasteiger partial charge in [-0.25, -0.2) is 0 Å². The lowest BCUT2D eigenvalue weighted by Gasteiger charge is -2.39. The van der Waals surface area contributed by atoms with Gasteiger partial charge >= 0.3 is 0 Å². The van der Waals surface area contributed by atoms with E-state index >= 15 is 0 Å². The van der Waals surface area contributed by atoms with Gasteiger partial charge in [-0.3, -0.25) is 4.90 Å². The molecule has 0 saturated carbocycles. The van der Waals surface area contributed by atoms with Crippen molar-refractivity contribution < 1.29 is 0 Å². The number of rotatable bonds is 4. The molecule has 0 aliphatic carbocycles. The summed E-state index contributed by atoms with van der Waals surface area (Å²) in [6.45, 7) is 12.3. The second kappa shape index (κ2) is 5.99. The number of hydrogen-bond donors (Lipinski definition) is 1. The minimum atomic E-state index is 0.710. The molecule has 3 nitrogen and oxygen atoms in total. The molecule has 2 saturated heterocycles. The van der Waals surface area contributed by atoms with Crippen molar-refractivity contribution in [2.24, 2.45) is 0 Å². The standard InChI is InChI=1S/C13H27N3/c1-12-10-14-11-13(2)16(12)9-5-8-15-6-3-4-7-15/h12-14H,3-11H2,1-2H3. The van der Waals surface area contributed by atoms with Gasteiger partial charge in [0.25, 0.3) is 0 Å². The van der Waals surface area contributed by atoms with Crippen molar-refractivity contribution in [3.05, 3.63) is 0 Å². The summed E-state index contributed by atoms with van der Waals surface area (Å²) in [4.78, 5) is 5.30. The highest BCUT2D eigenvalue weighted by Gasteiger charge is 2.23. The molecule has 0 bridgehead atoms. The maximum absolute atomic E-state index is 3.49. The van der Waals surface area contributed by atoms with Gasteiger partial charge in [-0.15, -0.1) is 0 Å². The van der Waals surface area contributed by atoms with Crippen molar-refractivity contribution in [3.63, 3.8) is 0 Å². The van der Waals surface area contributed by atoms with E-state index in [4.69, 9.17) is 0 Å². The minimum Gasteiger partial charge on any atom is -0.314 e. The monoisotopic (exact) mass is 225 g/mol. The van der Waals surface area contributed by atoms with Crippen molar-refractivity contribution >= 4 is 0 Å². The minimum absolute atomic E-state index is 0.710. The molecular formula is C13H27N3. The van der Waals surface area contributed by atoms with E-state index in [9.17, 15) is 0 Å². The Bertz CT molecular complexity index is 191. The molecule has 2 aliphatic heterocycles. The molecule has 1 N–H and O–H groups in total. The van der Waals surface area contributed by atoms with Crippen LogP contribution in [0.3, 0.4) is 0 Å². The third-order valence-electron chi connectivity index (χ3n) is 4.10. The average molecular weight is 225 g/mol. The molecule has 2 fully saturated rings. The van der Waals surface area contributed by atoms with Crippen LogP contribution in [-0.4, -0.2) is 61.2 Å². The lowest BCUT2D eigenvalue weighted by molar-refractivity contribution is 0.111. The predicted octanol–water partition coefficient (Wildman–Crippen LogP) is 1.15. The van der Waals surface area contributed by atoms with Crippen molar-refractivity contribution in [1.29, 1.82) is 0 Å². The topological polar surface area (TPSA) is 18.5 Å². The summed E-state index contributed by atoms with van der Waals surface area (Å²) < 4.78 is 0. The Morgan fingerprint density at radius 1 is 1.00 bits per heavy atom. The lowest BCUT2D eigenvalue weighted by atomic mass is 10.1. The zero-order valence-electron chi connectivity index (χ0n) is 10.9. The van der Waals surface area contributed by atoms with Gasteiger partial charge in [0.05, 0.1) is 0 Å². The van der Waals surface area contributed by atoms with E-state index in [1.165, 1.54) is 45.4 Å². The first-order chi connectivity index (χ1) is 7.77. The van der Waals surface area contributed by atoms with Crippen LogP contribution in [0.25, 0.3) is 0 Å². The molecule has 0 spiro atoms. The van der Waals surface area contributed by atoms with Gasteiger partial charge in [-0.2, -0.15) is 0 Å². The molecular weight excluding hydrogens is 198 g/mol. The van der Waals surface area contributed by atoms with Gasteiger partial charge in [0.15, 0.2) is 0 Å². The largest absolute Gasteiger partial charge is 0.314 e. The van der Waals surface area contributed by atoms with E-state index in [-0.39, 0.29) is 0 Å². The Labute approximate surface area is 100 Å². The molecule has 0 radical (unpaired) electrons. The maximum Gasteiger partial charge on any atom is 0.0195 e. The number of nitrogens with zero attached hydrogens (tertiary/aromatic N) is 2. The fourth-order valence-electron chi connectivity index (χ4n) is 3.09. The third-order valence-corrected chi connectivity index (χ3v) is 4.10. The Kier molecular flexibility index (Phi) is 4.62. The number of nitrogens with one attached hydrogen (secondary N) is 1. The average Bonchev–Trinajstić information content (AvgIpc) is 2.75. The second-order valence-electron chi connectivity index (χ2n) is 5.50. The highest BCUT2D eigenvalue weighted by Crippen LogP contribution is 2.12. The molecule has 2 atom stereocenters. The highest BCUT2D eigenvalue weighted by molar-refractivity contribution is 4.82. The number of likely N-dealkylation sites (tertiary alicyclic amines) is 1. The first-order valence-corrected chi connectivity index (χ1v) is 6.96. The summed E-state index contributed by atoms with van der Waals surface area (Å²) in [6.07, 6.45) is 4.18. The van der Waals surface area contributed by atoms with Crippen LogP contribution in [0.15, 0.2) is 0 Å². The van der Waals surface area contributed by atoms with Crippen LogP contribution in [0.5, 0.6) is 0 Å². The van der Waals surface area contributed by atoms with Crippen molar-refractivity contribution in [2.75, 3.05) is 39.3 Å². The highest BCUT2D eigenvalue weighted by atomic mass is 15.2. The first kappa shape index (κ1) is 12.3. The van der Waals surface area contributed by atoms with Crippen LogP contribution < -0.4 is 5.32 Å². The normalized spacial score (nSPS) is 33.4. The molecule has 0 aromatic heterocycles. The van der Waals surface area contributed by atoms with Crippen LogP contribution in [0.4, 0.5) is 0 Å². The molecule has 0 amide bonds.